The lowest BCUT2D eigenvalue weighted by molar-refractivity contribution is -0.115. The van der Waals surface area contributed by atoms with Crippen LogP contribution in [0.2, 0.25) is 0 Å². The SMILES string of the molecule is Cn1ncc(C(N)=S)c1NC(=O)Cc1ccc(F)cc1F. The molecule has 110 valence electrons. The lowest BCUT2D eigenvalue weighted by Crippen LogP contribution is -2.20. The summed E-state index contributed by atoms with van der Waals surface area (Å²) in [6.45, 7) is 0. The maximum atomic E-state index is 13.5. The number of carbonyl (C=O) groups excluding carboxylic acids is 1. The van der Waals surface area contributed by atoms with Crippen LogP contribution in [0.15, 0.2) is 24.4 Å². The number of nitrogens with zero attached hydrogens (tertiary/aromatic N) is 2. The molecule has 0 spiro atoms. The van der Waals surface area contributed by atoms with Crippen LogP contribution in [0.25, 0.3) is 0 Å². The van der Waals surface area contributed by atoms with Gasteiger partial charge < -0.3 is 11.1 Å². The van der Waals surface area contributed by atoms with Gasteiger partial charge in [-0.05, 0) is 11.6 Å². The first kappa shape index (κ1) is 15.0. The predicted molar refractivity (Wildman–Crippen MR) is 77.8 cm³/mol. The van der Waals surface area contributed by atoms with E-state index in [4.69, 9.17) is 18.0 Å². The first-order chi connectivity index (χ1) is 9.88. The van der Waals surface area contributed by atoms with Crippen molar-refractivity contribution in [1.29, 1.82) is 0 Å². The van der Waals surface area contributed by atoms with Gasteiger partial charge in [-0.2, -0.15) is 5.10 Å². The molecule has 0 aliphatic rings. The number of rotatable bonds is 4. The van der Waals surface area contributed by atoms with E-state index in [9.17, 15) is 13.6 Å². The number of thiocarbonyl (C=S) groups is 1. The van der Waals surface area contributed by atoms with Crippen molar-refractivity contribution in [2.45, 2.75) is 6.42 Å². The number of benzene rings is 1. The van der Waals surface area contributed by atoms with Crippen LogP contribution in [0, 0.1) is 11.6 Å². The van der Waals surface area contributed by atoms with Gasteiger partial charge in [-0.3, -0.25) is 9.48 Å². The Morgan fingerprint density at radius 3 is 2.81 bits per heavy atom. The summed E-state index contributed by atoms with van der Waals surface area (Å²) in [5.74, 6) is -1.62. The van der Waals surface area contributed by atoms with E-state index in [-0.39, 0.29) is 17.0 Å². The Hall–Kier alpha value is -2.35. The largest absolute Gasteiger partial charge is 0.389 e. The molecule has 0 aliphatic carbocycles. The molecule has 0 unspecified atom stereocenters. The third-order valence-corrected chi connectivity index (χ3v) is 3.05. The lowest BCUT2D eigenvalue weighted by atomic mass is 10.1. The van der Waals surface area contributed by atoms with Gasteiger partial charge in [0.1, 0.15) is 22.4 Å². The maximum absolute atomic E-state index is 13.5. The molecule has 21 heavy (non-hydrogen) atoms. The molecule has 1 amide bonds. The number of hydrogen-bond acceptors (Lipinski definition) is 3. The normalized spacial score (nSPS) is 10.4. The Bertz CT molecular complexity index is 714. The summed E-state index contributed by atoms with van der Waals surface area (Å²) < 4.78 is 27.7. The highest BCUT2D eigenvalue weighted by molar-refractivity contribution is 7.80. The fourth-order valence-electron chi connectivity index (χ4n) is 1.78. The third kappa shape index (κ3) is 3.40. The molecule has 1 aromatic heterocycles. The van der Waals surface area contributed by atoms with Gasteiger partial charge in [-0.15, -0.1) is 0 Å². The quantitative estimate of drug-likeness (QED) is 0.840. The Morgan fingerprint density at radius 1 is 1.48 bits per heavy atom. The van der Waals surface area contributed by atoms with Crippen molar-refractivity contribution < 1.29 is 13.6 Å². The molecule has 1 heterocycles. The Balaban J connectivity index is 2.15. The van der Waals surface area contributed by atoms with Gasteiger partial charge in [0.2, 0.25) is 5.91 Å². The van der Waals surface area contributed by atoms with E-state index in [1.807, 2.05) is 0 Å². The molecule has 2 aromatic rings. The number of hydrogen-bond donors (Lipinski definition) is 2. The van der Waals surface area contributed by atoms with E-state index >= 15 is 0 Å². The van der Waals surface area contributed by atoms with Crippen LogP contribution in [0.4, 0.5) is 14.6 Å². The molecule has 0 saturated heterocycles. The summed E-state index contributed by atoms with van der Waals surface area (Å²) in [5.41, 5.74) is 6.03. The van der Waals surface area contributed by atoms with Crippen LogP contribution in [-0.4, -0.2) is 20.7 Å². The van der Waals surface area contributed by atoms with Gasteiger partial charge in [0, 0.05) is 13.1 Å². The van der Waals surface area contributed by atoms with Crippen LogP contribution in [-0.2, 0) is 18.3 Å². The number of carbonyl (C=O) groups is 1. The minimum Gasteiger partial charge on any atom is -0.389 e. The molecule has 0 bridgehead atoms. The van der Waals surface area contributed by atoms with Gasteiger partial charge in [-0.1, -0.05) is 18.3 Å². The third-order valence-electron chi connectivity index (χ3n) is 2.83. The second-order valence-corrected chi connectivity index (χ2v) is 4.80. The molecule has 0 radical (unpaired) electrons. The van der Waals surface area contributed by atoms with Crippen molar-refractivity contribution in [3.8, 4) is 0 Å². The number of nitrogens with one attached hydrogen (secondary N) is 1. The van der Waals surface area contributed by atoms with Crippen LogP contribution in [0.1, 0.15) is 11.1 Å². The standard InChI is InChI=1S/C13H12F2N4OS/c1-19-13(9(6-17-19)12(16)21)18-11(20)4-7-2-3-8(14)5-10(7)15/h2-3,5-6H,4H2,1H3,(H2,16,21)(H,18,20). The second-order valence-electron chi connectivity index (χ2n) is 4.36. The number of aromatic nitrogens is 2. The van der Waals surface area contributed by atoms with Gasteiger partial charge in [-0.25, -0.2) is 8.78 Å². The zero-order valence-corrected chi connectivity index (χ0v) is 11.9. The Labute approximate surface area is 124 Å². The predicted octanol–water partition coefficient (Wildman–Crippen LogP) is 1.51. The van der Waals surface area contributed by atoms with E-state index in [1.165, 1.54) is 16.9 Å². The Kier molecular flexibility index (Phi) is 4.27. The monoisotopic (exact) mass is 310 g/mol. The van der Waals surface area contributed by atoms with Crippen molar-refractivity contribution in [2.75, 3.05) is 5.32 Å². The van der Waals surface area contributed by atoms with Gasteiger partial charge in [0.05, 0.1) is 18.2 Å². The molecule has 0 aliphatic heterocycles. The smallest absolute Gasteiger partial charge is 0.230 e. The van der Waals surface area contributed by atoms with Crippen LogP contribution < -0.4 is 11.1 Å². The van der Waals surface area contributed by atoms with Crippen LogP contribution in [0.5, 0.6) is 0 Å². The topological polar surface area (TPSA) is 72.9 Å². The fourth-order valence-corrected chi connectivity index (χ4v) is 1.93. The van der Waals surface area contributed by atoms with E-state index in [2.05, 4.69) is 10.4 Å². The number of aryl methyl sites for hydroxylation is 1. The molecule has 1 aromatic carbocycles. The zero-order chi connectivity index (χ0) is 15.6. The lowest BCUT2D eigenvalue weighted by Gasteiger charge is -2.08. The van der Waals surface area contributed by atoms with Crippen molar-refractivity contribution in [3.63, 3.8) is 0 Å². The van der Waals surface area contributed by atoms with E-state index < -0.39 is 17.5 Å². The first-order valence-electron chi connectivity index (χ1n) is 5.94. The molecule has 0 atom stereocenters. The number of nitrogens with two attached hydrogens (primary N) is 1. The average molecular weight is 310 g/mol. The van der Waals surface area contributed by atoms with Gasteiger partial charge in [0.25, 0.3) is 0 Å². The maximum Gasteiger partial charge on any atom is 0.230 e. The highest BCUT2D eigenvalue weighted by Crippen LogP contribution is 2.15. The highest BCUT2D eigenvalue weighted by atomic mass is 32.1. The average Bonchev–Trinajstić information content (AvgIpc) is 2.75. The summed E-state index contributed by atoms with van der Waals surface area (Å²) in [6, 6.07) is 3.05. The second kappa shape index (κ2) is 5.96. The molecule has 0 saturated carbocycles. The molecular formula is C13H12F2N4OS. The minimum atomic E-state index is -0.773. The van der Waals surface area contributed by atoms with Crippen molar-refractivity contribution in [2.24, 2.45) is 12.8 Å². The van der Waals surface area contributed by atoms with Crippen molar-refractivity contribution >= 4 is 28.9 Å². The molecular weight excluding hydrogens is 298 g/mol. The molecule has 5 nitrogen and oxygen atoms in total. The van der Waals surface area contributed by atoms with Crippen molar-refractivity contribution in [3.05, 3.63) is 47.2 Å². The summed E-state index contributed by atoms with van der Waals surface area (Å²) >= 11 is 4.85. The van der Waals surface area contributed by atoms with E-state index in [0.717, 1.165) is 12.1 Å². The fraction of sp³-hybridized carbons (Fsp3) is 0.154. The van der Waals surface area contributed by atoms with Crippen LogP contribution in [0.3, 0.4) is 0 Å². The van der Waals surface area contributed by atoms with E-state index in [1.54, 1.807) is 7.05 Å². The summed E-state index contributed by atoms with van der Waals surface area (Å²) in [5, 5.41) is 6.50. The minimum absolute atomic E-state index is 0.0892. The number of anilines is 1. The Morgan fingerprint density at radius 2 is 2.19 bits per heavy atom. The highest BCUT2D eigenvalue weighted by Gasteiger charge is 2.15. The van der Waals surface area contributed by atoms with Gasteiger partial charge >= 0.3 is 0 Å². The molecule has 8 heteroatoms. The molecule has 0 fully saturated rings. The zero-order valence-electron chi connectivity index (χ0n) is 11.1. The van der Waals surface area contributed by atoms with Crippen molar-refractivity contribution in [1.82, 2.24) is 9.78 Å². The number of halogens is 2. The summed E-state index contributed by atoms with van der Waals surface area (Å²) in [6.07, 6.45) is 1.19. The van der Waals surface area contributed by atoms with E-state index in [0.29, 0.717) is 11.4 Å². The first-order valence-corrected chi connectivity index (χ1v) is 6.35. The molecule has 2 rings (SSSR count). The summed E-state index contributed by atoms with van der Waals surface area (Å²) in [7, 11) is 1.61. The van der Waals surface area contributed by atoms with Crippen LogP contribution >= 0.6 is 12.2 Å². The van der Waals surface area contributed by atoms with Gasteiger partial charge in [0.15, 0.2) is 0 Å². The molecule has 3 N–H and O–H groups in total. The number of amides is 1. The summed E-state index contributed by atoms with van der Waals surface area (Å²) in [4.78, 5) is 12.0.